The SMILES string of the molecule is CCOC(=O)C(CC)n1nc(Cc2ccccc2C(C)(C)C)ccc1=O. The molecule has 5 heteroatoms. The summed E-state index contributed by atoms with van der Waals surface area (Å²) in [5, 5.41) is 4.47. The first-order valence-electron chi connectivity index (χ1n) is 9.11. The van der Waals surface area contributed by atoms with Crippen molar-refractivity contribution in [3.63, 3.8) is 0 Å². The zero-order valence-electron chi connectivity index (χ0n) is 16.3. The van der Waals surface area contributed by atoms with E-state index >= 15 is 0 Å². The molecule has 0 fully saturated rings. The van der Waals surface area contributed by atoms with E-state index in [-0.39, 0.29) is 17.6 Å². The molecule has 0 spiro atoms. The normalized spacial score (nSPS) is 12.7. The van der Waals surface area contributed by atoms with Gasteiger partial charge in [0.15, 0.2) is 6.04 Å². The van der Waals surface area contributed by atoms with E-state index in [1.54, 1.807) is 13.0 Å². The minimum absolute atomic E-state index is 0.0158. The van der Waals surface area contributed by atoms with Crippen LogP contribution in [-0.2, 0) is 21.4 Å². The van der Waals surface area contributed by atoms with E-state index in [2.05, 4.69) is 38.0 Å². The Morgan fingerprint density at radius 1 is 1.15 bits per heavy atom. The molecule has 26 heavy (non-hydrogen) atoms. The summed E-state index contributed by atoms with van der Waals surface area (Å²) in [5.74, 6) is -0.420. The Balaban J connectivity index is 2.39. The summed E-state index contributed by atoms with van der Waals surface area (Å²) in [6, 6.07) is 10.8. The average molecular weight is 356 g/mol. The number of benzene rings is 1. The second kappa shape index (κ2) is 8.30. The summed E-state index contributed by atoms with van der Waals surface area (Å²) < 4.78 is 6.34. The van der Waals surface area contributed by atoms with Crippen molar-refractivity contribution in [3.8, 4) is 0 Å². The van der Waals surface area contributed by atoms with E-state index in [9.17, 15) is 9.59 Å². The molecule has 1 unspecified atom stereocenters. The van der Waals surface area contributed by atoms with E-state index in [4.69, 9.17) is 4.74 Å². The zero-order valence-corrected chi connectivity index (χ0v) is 16.3. The molecular weight excluding hydrogens is 328 g/mol. The molecule has 0 saturated carbocycles. The molecule has 1 aromatic carbocycles. The fraction of sp³-hybridized carbons (Fsp3) is 0.476. The number of carbonyl (C=O) groups is 1. The number of esters is 1. The van der Waals surface area contributed by atoms with E-state index in [1.807, 2.05) is 19.1 Å². The summed E-state index contributed by atoms with van der Waals surface area (Å²) in [6.45, 7) is 10.4. The van der Waals surface area contributed by atoms with Gasteiger partial charge in [0.25, 0.3) is 5.56 Å². The van der Waals surface area contributed by atoms with Crippen LogP contribution in [-0.4, -0.2) is 22.4 Å². The highest BCUT2D eigenvalue weighted by atomic mass is 16.5. The molecule has 140 valence electrons. The molecule has 1 heterocycles. The highest BCUT2D eigenvalue weighted by Crippen LogP contribution is 2.27. The average Bonchev–Trinajstić information content (AvgIpc) is 2.58. The molecular formula is C21H28N2O3. The van der Waals surface area contributed by atoms with Gasteiger partial charge in [-0.25, -0.2) is 9.48 Å². The fourth-order valence-electron chi connectivity index (χ4n) is 3.06. The van der Waals surface area contributed by atoms with Crippen LogP contribution in [0.25, 0.3) is 0 Å². The first-order chi connectivity index (χ1) is 12.3. The maximum atomic E-state index is 12.3. The molecule has 0 saturated heterocycles. The lowest BCUT2D eigenvalue weighted by molar-refractivity contribution is -0.147. The largest absolute Gasteiger partial charge is 0.464 e. The minimum atomic E-state index is -0.694. The highest BCUT2D eigenvalue weighted by Gasteiger charge is 2.23. The highest BCUT2D eigenvalue weighted by molar-refractivity contribution is 5.73. The Kier molecular flexibility index (Phi) is 6.35. The Morgan fingerprint density at radius 3 is 2.46 bits per heavy atom. The quantitative estimate of drug-likeness (QED) is 0.741. The van der Waals surface area contributed by atoms with Gasteiger partial charge in [0.1, 0.15) is 0 Å². The summed E-state index contributed by atoms with van der Waals surface area (Å²) >= 11 is 0. The monoisotopic (exact) mass is 356 g/mol. The number of ether oxygens (including phenoxy) is 1. The number of rotatable bonds is 6. The van der Waals surface area contributed by atoms with Gasteiger partial charge in [-0.15, -0.1) is 0 Å². The maximum Gasteiger partial charge on any atom is 0.331 e. The predicted octanol–water partition coefficient (Wildman–Crippen LogP) is 3.65. The Labute approximate surface area is 155 Å². The first kappa shape index (κ1) is 19.9. The lowest BCUT2D eigenvalue weighted by Gasteiger charge is -2.23. The number of hydrogen-bond acceptors (Lipinski definition) is 4. The standard InChI is InChI=1S/C21H28N2O3/c1-6-18(20(25)26-7-2)23-19(24)13-12-16(22-23)14-15-10-8-9-11-17(15)21(3,4)5/h8-13,18H,6-7,14H2,1-5H3. The van der Waals surface area contributed by atoms with E-state index in [1.165, 1.54) is 21.9 Å². The minimum Gasteiger partial charge on any atom is -0.464 e. The van der Waals surface area contributed by atoms with Gasteiger partial charge in [-0.2, -0.15) is 5.10 Å². The second-order valence-electron chi connectivity index (χ2n) is 7.37. The third-order valence-electron chi connectivity index (χ3n) is 4.32. The fourth-order valence-corrected chi connectivity index (χ4v) is 3.06. The lowest BCUT2D eigenvalue weighted by Crippen LogP contribution is -2.33. The van der Waals surface area contributed by atoms with Crippen LogP contribution in [0.3, 0.4) is 0 Å². The molecule has 0 aliphatic heterocycles. The van der Waals surface area contributed by atoms with Gasteiger partial charge in [-0.05, 0) is 36.0 Å². The van der Waals surface area contributed by atoms with E-state index in [0.717, 1.165) is 5.69 Å². The van der Waals surface area contributed by atoms with Crippen molar-refractivity contribution >= 4 is 5.97 Å². The van der Waals surface area contributed by atoms with Crippen molar-refractivity contribution in [1.29, 1.82) is 0 Å². The third kappa shape index (κ3) is 4.59. The van der Waals surface area contributed by atoms with Gasteiger partial charge in [0.2, 0.25) is 0 Å². The van der Waals surface area contributed by atoms with Crippen LogP contribution in [0.4, 0.5) is 0 Å². The Hall–Kier alpha value is -2.43. The van der Waals surface area contributed by atoms with Gasteiger partial charge in [0.05, 0.1) is 12.3 Å². The summed E-state index contributed by atoms with van der Waals surface area (Å²) in [5.41, 5.74) is 2.89. The molecule has 0 aliphatic rings. The van der Waals surface area contributed by atoms with Crippen LogP contribution in [0.5, 0.6) is 0 Å². The van der Waals surface area contributed by atoms with Crippen molar-refractivity contribution in [2.75, 3.05) is 6.61 Å². The summed E-state index contributed by atoms with van der Waals surface area (Å²) in [7, 11) is 0. The van der Waals surface area contributed by atoms with E-state index in [0.29, 0.717) is 12.8 Å². The Morgan fingerprint density at radius 2 is 1.85 bits per heavy atom. The number of nitrogens with zero attached hydrogens (tertiary/aromatic N) is 2. The van der Waals surface area contributed by atoms with Crippen molar-refractivity contribution in [2.24, 2.45) is 0 Å². The number of carbonyl (C=O) groups excluding carboxylic acids is 1. The van der Waals surface area contributed by atoms with Crippen molar-refractivity contribution < 1.29 is 9.53 Å². The number of hydrogen-bond donors (Lipinski definition) is 0. The van der Waals surface area contributed by atoms with Crippen LogP contribution in [0.1, 0.15) is 63.9 Å². The molecule has 1 atom stereocenters. The molecule has 5 nitrogen and oxygen atoms in total. The van der Waals surface area contributed by atoms with Crippen LogP contribution in [0.2, 0.25) is 0 Å². The molecule has 0 amide bonds. The lowest BCUT2D eigenvalue weighted by atomic mass is 9.82. The topological polar surface area (TPSA) is 61.2 Å². The van der Waals surface area contributed by atoms with Crippen molar-refractivity contribution in [1.82, 2.24) is 9.78 Å². The van der Waals surface area contributed by atoms with Crippen molar-refractivity contribution in [2.45, 2.75) is 58.9 Å². The molecule has 0 N–H and O–H groups in total. The van der Waals surface area contributed by atoms with Crippen LogP contribution < -0.4 is 5.56 Å². The Bertz CT molecular complexity index is 818. The molecule has 1 aromatic heterocycles. The number of aromatic nitrogens is 2. The van der Waals surface area contributed by atoms with E-state index < -0.39 is 12.0 Å². The van der Waals surface area contributed by atoms with Crippen molar-refractivity contribution in [3.05, 3.63) is 63.6 Å². The molecule has 0 radical (unpaired) electrons. The van der Waals surface area contributed by atoms with Crippen LogP contribution >= 0.6 is 0 Å². The molecule has 2 aromatic rings. The van der Waals surface area contributed by atoms with Gasteiger partial charge < -0.3 is 4.74 Å². The molecule has 0 bridgehead atoms. The molecule has 0 aliphatic carbocycles. The predicted molar refractivity (Wildman–Crippen MR) is 102 cm³/mol. The maximum absolute atomic E-state index is 12.3. The molecule has 2 rings (SSSR count). The first-order valence-corrected chi connectivity index (χ1v) is 9.11. The smallest absolute Gasteiger partial charge is 0.331 e. The van der Waals surface area contributed by atoms with Gasteiger partial charge >= 0.3 is 5.97 Å². The zero-order chi connectivity index (χ0) is 19.3. The summed E-state index contributed by atoms with van der Waals surface area (Å²) in [6.07, 6.45) is 1.06. The van der Waals surface area contributed by atoms with Crippen LogP contribution in [0.15, 0.2) is 41.2 Å². The van der Waals surface area contributed by atoms with Crippen LogP contribution in [0, 0.1) is 0 Å². The summed E-state index contributed by atoms with van der Waals surface area (Å²) in [4.78, 5) is 24.4. The van der Waals surface area contributed by atoms with Gasteiger partial charge in [-0.1, -0.05) is 52.0 Å². The third-order valence-corrected chi connectivity index (χ3v) is 4.32. The second-order valence-corrected chi connectivity index (χ2v) is 7.37. The van der Waals surface area contributed by atoms with Gasteiger partial charge in [-0.3, -0.25) is 4.79 Å². The van der Waals surface area contributed by atoms with Gasteiger partial charge in [0, 0.05) is 12.5 Å².